The zero-order valence-electron chi connectivity index (χ0n) is 15.5. The predicted molar refractivity (Wildman–Crippen MR) is 95.3 cm³/mol. The Bertz CT molecular complexity index is 546. The lowest BCUT2D eigenvalue weighted by atomic mass is 9.46. The molecule has 0 aromatic carbocycles. The molecule has 25 heavy (non-hydrogen) atoms. The maximum absolute atomic E-state index is 12.1. The molecule has 0 amide bonds. The van der Waals surface area contributed by atoms with E-state index in [0.717, 1.165) is 38.4 Å². The highest BCUT2D eigenvalue weighted by atomic mass is 16.5. The van der Waals surface area contributed by atoms with Crippen LogP contribution in [0, 0.1) is 17.3 Å². The summed E-state index contributed by atoms with van der Waals surface area (Å²) in [6, 6.07) is 0.482. The van der Waals surface area contributed by atoms with Gasteiger partial charge in [-0.25, -0.2) is 0 Å². The molecule has 4 aliphatic rings. The Morgan fingerprint density at radius 1 is 1.36 bits per heavy atom. The van der Waals surface area contributed by atoms with Crippen LogP contribution in [-0.2, 0) is 14.3 Å². The van der Waals surface area contributed by atoms with Crippen molar-refractivity contribution in [1.82, 2.24) is 10.2 Å². The molecule has 2 heterocycles. The van der Waals surface area contributed by atoms with Crippen molar-refractivity contribution in [2.45, 2.75) is 57.6 Å². The van der Waals surface area contributed by atoms with E-state index < -0.39 is 0 Å². The third-order valence-electron chi connectivity index (χ3n) is 6.87. The summed E-state index contributed by atoms with van der Waals surface area (Å²) in [5.74, 6) is 1.48. The highest BCUT2D eigenvalue weighted by Gasteiger charge is 2.66. The quantitative estimate of drug-likeness (QED) is 0.478. The first kappa shape index (κ1) is 17.1. The molecule has 4 fully saturated rings. The fraction of sp³-hybridized carbons (Fsp3) is 0.895. The van der Waals surface area contributed by atoms with E-state index in [1.54, 1.807) is 0 Å². The average Bonchev–Trinajstić information content (AvgIpc) is 3.00. The highest BCUT2D eigenvalue weighted by Crippen LogP contribution is 2.62. The molecular weight excluding hydrogens is 318 g/mol. The zero-order valence-corrected chi connectivity index (χ0v) is 15.5. The first-order valence-corrected chi connectivity index (χ1v) is 9.96. The second-order valence-corrected chi connectivity index (χ2v) is 8.04. The number of aliphatic imine (C=N–C) groups is 1. The van der Waals surface area contributed by atoms with Crippen molar-refractivity contribution in [2.75, 3.05) is 33.4 Å². The molecule has 0 aromatic heterocycles. The van der Waals surface area contributed by atoms with Gasteiger partial charge in [0.05, 0.1) is 18.6 Å². The van der Waals surface area contributed by atoms with E-state index in [0.29, 0.717) is 36.6 Å². The van der Waals surface area contributed by atoms with E-state index in [2.05, 4.69) is 15.2 Å². The van der Waals surface area contributed by atoms with Gasteiger partial charge in [-0.15, -0.1) is 0 Å². The number of rotatable bonds is 3. The fourth-order valence-corrected chi connectivity index (χ4v) is 5.51. The van der Waals surface area contributed by atoms with Crippen LogP contribution < -0.4 is 5.32 Å². The maximum Gasteiger partial charge on any atom is 0.310 e. The van der Waals surface area contributed by atoms with E-state index >= 15 is 0 Å². The van der Waals surface area contributed by atoms with Gasteiger partial charge in [-0.3, -0.25) is 9.79 Å². The Kier molecular flexibility index (Phi) is 4.65. The van der Waals surface area contributed by atoms with Gasteiger partial charge in [0.15, 0.2) is 5.96 Å². The summed E-state index contributed by atoms with van der Waals surface area (Å²) in [6.07, 6.45) is 7.41. The smallest absolute Gasteiger partial charge is 0.310 e. The van der Waals surface area contributed by atoms with Crippen LogP contribution in [0.1, 0.15) is 45.4 Å². The summed E-state index contributed by atoms with van der Waals surface area (Å²) in [5.41, 5.74) is 0.341. The van der Waals surface area contributed by atoms with Gasteiger partial charge >= 0.3 is 5.97 Å². The fourth-order valence-electron chi connectivity index (χ4n) is 5.51. The number of carbonyl (C=O) groups excluding carboxylic acids is 1. The van der Waals surface area contributed by atoms with E-state index in [-0.39, 0.29) is 11.9 Å². The van der Waals surface area contributed by atoms with Crippen molar-refractivity contribution in [1.29, 1.82) is 0 Å². The molecule has 6 nitrogen and oxygen atoms in total. The molecule has 2 saturated heterocycles. The second-order valence-electron chi connectivity index (χ2n) is 8.04. The van der Waals surface area contributed by atoms with Crippen LogP contribution >= 0.6 is 0 Å². The Balaban J connectivity index is 1.41. The van der Waals surface area contributed by atoms with E-state index in [1.165, 1.54) is 19.3 Å². The summed E-state index contributed by atoms with van der Waals surface area (Å²) in [5, 5.41) is 3.77. The van der Waals surface area contributed by atoms with Gasteiger partial charge in [0, 0.05) is 44.1 Å². The van der Waals surface area contributed by atoms with Crippen LogP contribution in [0.2, 0.25) is 0 Å². The van der Waals surface area contributed by atoms with Crippen LogP contribution in [0.3, 0.4) is 0 Å². The monoisotopic (exact) mass is 349 g/mol. The van der Waals surface area contributed by atoms with Crippen molar-refractivity contribution in [3.8, 4) is 0 Å². The minimum absolute atomic E-state index is 0.0335. The Morgan fingerprint density at radius 2 is 2.20 bits per heavy atom. The maximum atomic E-state index is 12.1. The molecule has 0 bridgehead atoms. The lowest BCUT2D eigenvalue weighted by Crippen LogP contribution is -2.72. The number of hydrogen-bond acceptors (Lipinski definition) is 4. The van der Waals surface area contributed by atoms with Crippen molar-refractivity contribution >= 4 is 11.9 Å². The van der Waals surface area contributed by atoms with Gasteiger partial charge in [0.1, 0.15) is 0 Å². The Labute approximate surface area is 150 Å². The predicted octanol–water partition coefficient (Wildman–Crippen LogP) is 1.79. The van der Waals surface area contributed by atoms with Crippen LogP contribution in [0.25, 0.3) is 0 Å². The Hall–Kier alpha value is -1.30. The lowest BCUT2D eigenvalue weighted by Gasteiger charge is -2.63. The summed E-state index contributed by atoms with van der Waals surface area (Å²) in [6.45, 7) is 4.90. The molecule has 0 radical (unpaired) electrons. The standard InChI is InChI=1S/C19H31N3O3/c1-3-24-17(23)13-6-4-10-22(12-13)18(20-2)21-15-14-7-11-25-16(14)19(15)8-5-9-19/h13-16H,3-12H2,1-2H3,(H,20,21). The van der Waals surface area contributed by atoms with Gasteiger partial charge < -0.3 is 19.7 Å². The first-order valence-electron chi connectivity index (χ1n) is 9.96. The average molecular weight is 349 g/mol. The minimum Gasteiger partial charge on any atom is -0.466 e. The molecule has 1 N–H and O–H groups in total. The molecule has 0 aromatic rings. The van der Waals surface area contributed by atoms with Gasteiger partial charge in [-0.1, -0.05) is 6.42 Å². The molecule has 2 aliphatic heterocycles. The topological polar surface area (TPSA) is 63.2 Å². The number of carbonyl (C=O) groups is 1. The summed E-state index contributed by atoms with van der Waals surface area (Å²) < 4.78 is 11.3. The zero-order chi connectivity index (χ0) is 17.4. The highest BCUT2D eigenvalue weighted by molar-refractivity contribution is 5.82. The normalized spacial score (nSPS) is 36.4. The van der Waals surface area contributed by atoms with Crippen LogP contribution in [0.4, 0.5) is 0 Å². The van der Waals surface area contributed by atoms with Crippen molar-refractivity contribution < 1.29 is 14.3 Å². The van der Waals surface area contributed by atoms with Gasteiger partial charge in [-0.2, -0.15) is 0 Å². The number of likely N-dealkylation sites (tertiary alicyclic amines) is 1. The largest absolute Gasteiger partial charge is 0.466 e. The summed E-state index contributed by atoms with van der Waals surface area (Å²) in [7, 11) is 1.85. The van der Waals surface area contributed by atoms with Crippen LogP contribution in [-0.4, -0.2) is 62.3 Å². The SMILES string of the molecule is CCOC(=O)C1CCCN(C(=NC)NC2C3CCOC3C23CCC3)C1. The molecule has 6 heteroatoms. The summed E-state index contributed by atoms with van der Waals surface area (Å²) in [4.78, 5) is 18.9. The van der Waals surface area contributed by atoms with Gasteiger partial charge in [-0.05, 0) is 39.0 Å². The van der Waals surface area contributed by atoms with E-state index in [1.807, 2.05) is 14.0 Å². The molecule has 2 saturated carbocycles. The lowest BCUT2D eigenvalue weighted by molar-refractivity contribution is -0.171. The third kappa shape index (κ3) is 2.73. The number of ether oxygens (including phenoxy) is 2. The molecule has 4 unspecified atom stereocenters. The molecule has 1 spiro atoms. The molecule has 140 valence electrons. The number of piperidine rings is 1. The third-order valence-corrected chi connectivity index (χ3v) is 6.87. The molecule has 4 rings (SSSR count). The van der Waals surface area contributed by atoms with Crippen LogP contribution in [0.15, 0.2) is 4.99 Å². The van der Waals surface area contributed by atoms with E-state index in [9.17, 15) is 4.79 Å². The van der Waals surface area contributed by atoms with Gasteiger partial charge in [0.25, 0.3) is 0 Å². The number of guanidine groups is 1. The molecular formula is C19H31N3O3. The van der Waals surface area contributed by atoms with Crippen molar-refractivity contribution in [3.05, 3.63) is 0 Å². The number of nitrogens with zero attached hydrogens (tertiary/aromatic N) is 2. The second kappa shape index (κ2) is 6.78. The molecule has 4 atom stereocenters. The number of hydrogen-bond donors (Lipinski definition) is 1. The van der Waals surface area contributed by atoms with Crippen LogP contribution in [0.5, 0.6) is 0 Å². The number of nitrogens with one attached hydrogen (secondary N) is 1. The molecule has 2 aliphatic carbocycles. The Morgan fingerprint density at radius 3 is 2.88 bits per heavy atom. The van der Waals surface area contributed by atoms with E-state index in [4.69, 9.17) is 9.47 Å². The minimum atomic E-state index is -0.0639. The summed E-state index contributed by atoms with van der Waals surface area (Å²) >= 11 is 0. The number of esters is 1. The van der Waals surface area contributed by atoms with Crippen molar-refractivity contribution in [3.63, 3.8) is 0 Å². The first-order chi connectivity index (χ1) is 12.2. The van der Waals surface area contributed by atoms with Gasteiger partial charge in [0.2, 0.25) is 0 Å². The van der Waals surface area contributed by atoms with Crippen molar-refractivity contribution in [2.24, 2.45) is 22.2 Å². The number of fused-ring (bicyclic) bond motifs is 2.